The maximum Gasteiger partial charge on any atom is 0.261 e. The zero-order valence-electron chi connectivity index (χ0n) is 40.4. The fraction of sp³-hybridized carbons (Fsp3) is 0.194. The molecule has 1 fully saturated rings. The zero-order chi connectivity index (χ0) is 49.5. The Balaban J connectivity index is 1.09. The lowest BCUT2D eigenvalue weighted by Gasteiger charge is -2.46. The fourth-order valence-electron chi connectivity index (χ4n) is 9.88. The number of amides is 2. The summed E-state index contributed by atoms with van der Waals surface area (Å²) >= 11 is 0. The van der Waals surface area contributed by atoms with Gasteiger partial charge in [-0.25, -0.2) is 0 Å². The van der Waals surface area contributed by atoms with Crippen LogP contribution in [-0.4, -0.2) is 64.3 Å². The summed E-state index contributed by atoms with van der Waals surface area (Å²) in [5.41, 5.74) is 8.26. The summed E-state index contributed by atoms with van der Waals surface area (Å²) in [7, 11) is 1.53. The zero-order valence-corrected chi connectivity index (χ0v) is 40.4. The summed E-state index contributed by atoms with van der Waals surface area (Å²) in [5.74, 6) is -0.212. The van der Waals surface area contributed by atoms with Crippen molar-refractivity contribution in [3.05, 3.63) is 245 Å². The van der Waals surface area contributed by atoms with E-state index in [0.29, 0.717) is 46.6 Å². The molecule has 2 amide bonds. The van der Waals surface area contributed by atoms with E-state index in [9.17, 15) is 9.59 Å². The molecule has 2 aliphatic heterocycles. The Labute approximate surface area is 424 Å². The Morgan fingerprint density at radius 2 is 1.00 bits per heavy atom. The van der Waals surface area contributed by atoms with Gasteiger partial charge in [-0.2, -0.15) is 0 Å². The number of nitrogens with zero attached hydrogens (tertiary/aromatic N) is 2. The fourth-order valence-corrected chi connectivity index (χ4v) is 9.88. The second-order valence-corrected chi connectivity index (χ2v) is 18.4. The van der Waals surface area contributed by atoms with Gasteiger partial charge >= 0.3 is 0 Å². The quantitative estimate of drug-likeness (QED) is 0.0797. The highest BCUT2D eigenvalue weighted by atomic mass is 16.6. The van der Waals surface area contributed by atoms with E-state index in [1.807, 2.05) is 205 Å². The van der Waals surface area contributed by atoms with Crippen molar-refractivity contribution in [3.8, 4) is 5.75 Å². The number of benzene rings is 7. The average Bonchev–Trinajstić information content (AvgIpc) is 4.10. The molecule has 0 bridgehead atoms. The van der Waals surface area contributed by atoms with Gasteiger partial charge in [-0.1, -0.05) is 170 Å². The summed E-state index contributed by atoms with van der Waals surface area (Å²) < 4.78 is 43.9. The predicted molar refractivity (Wildman–Crippen MR) is 281 cm³/mol. The van der Waals surface area contributed by atoms with Gasteiger partial charge in [0.2, 0.25) is 0 Å². The van der Waals surface area contributed by atoms with Gasteiger partial charge in [0.15, 0.2) is 6.23 Å². The van der Waals surface area contributed by atoms with Gasteiger partial charge in [0.1, 0.15) is 36.8 Å². The van der Waals surface area contributed by atoms with E-state index in [1.165, 1.54) is 11.9 Å². The van der Waals surface area contributed by atoms with Gasteiger partial charge in [-0.15, -0.1) is 0 Å². The number of aromatic nitrogens is 2. The minimum absolute atomic E-state index is 0.145. The highest BCUT2D eigenvalue weighted by molar-refractivity contribution is 6.50. The molecule has 1 saturated heterocycles. The first kappa shape index (κ1) is 47.4. The normalized spacial score (nSPS) is 19.1. The van der Waals surface area contributed by atoms with E-state index in [0.717, 1.165) is 38.7 Å². The summed E-state index contributed by atoms with van der Waals surface area (Å²) in [6.45, 7) is 1.57. The number of para-hydroxylation sites is 1. The number of likely N-dealkylation sites (N-methyl/N-ethyl adjacent to an activating group) is 1. The molecule has 0 unspecified atom stereocenters. The first-order chi connectivity index (χ1) is 36.0. The van der Waals surface area contributed by atoms with Crippen molar-refractivity contribution in [2.24, 2.45) is 0 Å². The summed E-state index contributed by atoms with van der Waals surface area (Å²) in [6.07, 6.45) is -0.132. The lowest BCUT2D eigenvalue weighted by atomic mass is 9.95. The molecule has 2 aliphatic rings. The molecule has 0 saturated carbocycles. The largest absolute Gasteiger partial charge is 0.489 e. The van der Waals surface area contributed by atoms with Crippen LogP contribution < -0.4 is 4.74 Å². The SMILES string of the molecule is CN1C(=O)C(c2c[nH]c3ccccc23)=C(c2cn([C@@H]3O[C@H](COCc4ccccc4)[C@@H](OCc4ccccc4)[C@H](OCc4ccccc4)[C@H]3OCc3ccccc3)c3cc(OCc4ccccc4)ccc23)C1=O. The smallest absolute Gasteiger partial charge is 0.261 e. The van der Waals surface area contributed by atoms with Crippen LogP contribution in [0.2, 0.25) is 0 Å². The molecule has 11 rings (SSSR count). The lowest BCUT2D eigenvalue weighted by molar-refractivity contribution is -0.289. The van der Waals surface area contributed by atoms with Gasteiger partial charge in [0.05, 0.1) is 49.7 Å². The van der Waals surface area contributed by atoms with Gasteiger partial charge in [0.25, 0.3) is 11.8 Å². The van der Waals surface area contributed by atoms with Crippen molar-refractivity contribution in [2.45, 2.75) is 63.7 Å². The number of hydrogen-bond donors (Lipinski definition) is 1. The molecule has 11 nitrogen and oxygen atoms in total. The number of hydrogen-bond acceptors (Lipinski definition) is 8. The molecule has 0 spiro atoms. The molecular weight excluding hydrogens is 915 g/mol. The van der Waals surface area contributed by atoms with Crippen molar-refractivity contribution in [3.63, 3.8) is 0 Å². The van der Waals surface area contributed by atoms with Crippen molar-refractivity contribution in [1.82, 2.24) is 14.5 Å². The van der Waals surface area contributed by atoms with Gasteiger partial charge < -0.3 is 38.0 Å². The third kappa shape index (κ3) is 10.3. The molecule has 0 aliphatic carbocycles. The van der Waals surface area contributed by atoms with Crippen LogP contribution in [0, 0.1) is 0 Å². The van der Waals surface area contributed by atoms with Crippen molar-refractivity contribution < 1.29 is 38.0 Å². The Morgan fingerprint density at radius 1 is 0.507 bits per heavy atom. The monoisotopic (exact) mass is 969 g/mol. The molecule has 0 radical (unpaired) electrons. The molecule has 7 aromatic carbocycles. The van der Waals surface area contributed by atoms with Gasteiger partial charge in [0, 0.05) is 52.9 Å². The maximum atomic E-state index is 14.7. The van der Waals surface area contributed by atoms with Crippen LogP contribution in [-0.2, 0) is 66.3 Å². The van der Waals surface area contributed by atoms with Crippen LogP contribution in [0.4, 0.5) is 0 Å². The number of ether oxygens (including phenoxy) is 6. The molecule has 11 heteroatoms. The van der Waals surface area contributed by atoms with Crippen molar-refractivity contribution in [2.75, 3.05) is 13.7 Å². The molecule has 1 N–H and O–H groups in total. The maximum absolute atomic E-state index is 14.7. The first-order valence-electron chi connectivity index (χ1n) is 24.7. The van der Waals surface area contributed by atoms with Crippen LogP contribution in [0.5, 0.6) is 5.75 Å². The number of aromatic amines is 1. The Bertz CT molecular complexity index is 3340. The van der Waals surface area contributed by atoms with Crippen LogP contribution in [0.3, 0.4) is 0 Å². The summed E-state index contributed by atoms with van der Waals surface area (Å²) in [4.78, 5) is 33.7. The predicted octanol–water partition coefficient (Wildman–Crippen LogP) is 11.5. The van der Waals surface area contributed by atoms with E-state index in [4.69, 9.17) is 28.4 Å². The molecule has 2 aromatic heterocycles. The van der Waals surface area contributed by atoms with Crippen LogP contribution in [0.1, 0.15) is 45.2 Å². The molecular formula is C62H55N3O8. The second kappa shape index (κ2) is 21.8. The highest BCUT2D eigenvalue weighted by Crippen LogP contribution is 2.45. The number of imide groups is 1. The Morgan fingerprint density at radius 3 is 1.59 bits per heavy atom. The number of H-pyrrole nitrogens is 1. The standard InChI is InChI=1S/C62H55N3O8/c1-64-60(66)55(50-34-63-52-30-18-17-29-48(50)52)56(61(64)67)51-35-65(53-33-47(31-32-49(51)53)69-37-43-21-9-3-10-22-43)62-59(72-40-46-27-15-6-16-28-46)58(71-39-45-25-13-5-14-26-45)57(70-38-44-23-11-4-12-24-44)54(73-62)41-68-36-42-19-7-2-8-20-42/h2-35,54,57-59,62-63H,36-41H2,1H3/t54-,57-,58+,59-,62-/m1/s1. The summed E-state index contributed by atoms with van der Waals surface area (Å²) in [5, 5.41) is 1.54. The van der Waals surface area contributed by atoms with E-state index in [1.54, 1.807) is 6.20 Å². The Hall–Kier alpha value is -7.90. The van der Waals surface area contributed by atoms with E-state index < -0.39 is 42.5 Å². The number of carbonyl (C=O) groups excluding carboxylic acids is 2. The number of nitrogens with one attached hydrogen (secondary N) is 1. The molecule has 9 aromatic rings. The van der Waals surface area contributed by atoms with Gasteiger partial charge in [-0.3, -0.25) is 14.5 Å². The third-order valence-corrected chi connectivity index (χ3v) is 13.6. The second-order valence-electron chi connectivity index (χ2n) is 18.4. The summed E-state index contributed by atoms with van der Waals surface area (Å²) in [6, 6.07) is 63.7. The van der Waals surface area contributed by atoms with Gasteiger partial charge in [-0.05, 0) is 46.0 Å². The lowest BCUT2D eigenvalue weighted by Crippen LogP contribution is -2.59. The van der Waals surface area contributed by atoms with Crippen LogP contribution >= 0.6 is 0 Å². The van der Waals surface area contributed by atoms with Crippen molar-refractivity contribution in [1.29, 1.82) is 0 Å². The third-order valence-electron chi connectivity index (χ3n) is 13.6. The van der Waals surface area contributed by atoms with E-state index in [2.05, 4.69) is 4.98 Å². The molecule has 73 heavy (non-hydrogen) atoms. The van der Waals surface area contributed by atoms with Crippen LogP contribution in [0.25, 0.3) is 33.0 Å². The van der Waals surface area contributed by atoms with Crippen molar-refractivity contribution >= 4 is 44.8 Å². The number of fused-ring (bicyclic) bond motifs is 2. The minimum atomic E-state index is -0.908. The number of rotatable bonds is 19. The van der Waals surface area contributed by atoms with E-state index in [-0.39, 0.29) is 32.0 Å². The number of carbonyl (C=O) groups is 2. The minimum Gasteiger partial charge on any atom is -0.489 e. The molecule has 4 heterocycles. The van der Waals surface area contributed by atoms with Crippen LogP contribution in [0.15, 0.2) is 207 Å². The highest BCUT2D eigenvalue weighted by Gasteiger charge is 2.50. The first-order valence-corrected chi connectivity index (χ1v) is 24.7. The molecule has 366 valence electrons. The van der Waals surface area contributed by atoms with E-state index >= 15 is 0 Å². The average molecular weight is 970 g/mol. The topological polar surface area (TPSA) is 113 Å². The Kier molecular flexibility index (Phi) is 14.2. The molecule has 5 atom stereocenters.